The molecule has 0 saturated heterocycles. The zero-order chi connectivity index (χ0) is 13.2. The number of anilines is 1. The summed E-state index contributed by atoms with van der Waals surface area (Å²) in [6, 6.07) is 5.31. The van der Waals surface area contributed by atoms with Crippen molar-refractivity contribution < 1.29 is 15.0 Å². The van der Waals surface area contributed by atoms with Crippen LogP contribution in [-0.2, 0) is 6.61 Å². The summed E-state index contributed by atoms with van der Waals surface area (Å²) in [5.41, 5.74) is 1.65. The molecule has 1 amide bonds. The Balaban J connectivity index is 3.34. The van der Waals surface area contributed by atoms with Gasteiger partial charge in [0.2, 0.25) is 0 Å². The smallest absolute Gasteiger partial charge is 0.412 e. The van der Waals surface area contributed by atoms with Crippen LogP contribution in [0.15, 0.2) is 18.2 Å². The van der Waals surface area contributed by atoms with Crippen LogP contribution in [0.25, 0.3) is 0 Å². The first-order chi connectivity index (χ1) is 7.79. The average Bonchev–Trinajstić information content (AvgIpc) is 2.18. The summed E-state index contributed by atoms with van der Waals surface area (Å²) < 4.78 is 0. The van der Waals surface area contributed by atoms with E-state index in [-0.39, 0.29) is 6.61 Å². The number of carbonyl (C=O) groups is 1. The second kappa shape index (κ2) is 4.75. The number of aliphatic hydroxyl groups excluding tert-OH is 1. The van der Waals surface area contributed by atoms with E-state index in [0.29, 0.717) is 5.69 Å². The van der Waals surface area contributed by atoms with Crippen molar-refractivity contribution in [1.29, 1.82) is 0 Å². The SMILES string of the molecule is Cc1c(CO)cccc1N(C(=O)O)C(C)(C)C. The minimum absolute atomic E-state index is 0.0860. The zero-order valence-corrected chi connectivity index (χ0v) is 10.7. The van der Waals surface area contributed by atoms with Crippen molar-refractivity contribution in [3.05, 3.63) is 29.3 Å². The third kappa shape index (κ3) is 2.77. The molecule has 4 nitrogen and oxygen atoms in total. The quantitative estimate of drug-likeness (QED) is 0.831. The summed E-state index contributed by atoms with van der Waals surface area (Å²) in [7, 11) is 0. The molecule has 17 heavy (non-hydrogen) atoms. The van der Waals surface area contributed by atoms with Gasteiger partial charge in [-0.3, -0.25) is 4.90 Å². The van der Waals surface area contributed by atoms with Crippen LogP contribution in [0.1, 0.15) is 31.9 Å². The molecule has 0 aliphatic carbocycles. The minimum Gasteiger partial charge on any atom is -0.465 e. The molecule has 1 aromatic carbocycles. The van der Waals surface area contributed by atoms with Gasteiger partial charge in [-0.2, -0.15) is 0 Å². The van der Waals surface area contributed by atoms with Gasteiger partial charge in [-0.25, -0.2) is 4.79 Å². The van der Waals surface area contributed by atoms with Gasteiger partial charge in [0, 0.05) is 5.54 Å². The summed E-state index contributed by atoms with van der Waals surface area (Å²) in [4.78, 5) is 12.7. The highest BCUT2D eigenvalue weighted by Crippen LogP contribution is 2.29. The average molecular weight is 237 g/mol. The van der Waals surface area contributed by atoms with Crippen molar-refractivity contribution in [2.75, 3.05) is 4.90 Å². The maximum atomic E-state index is 11.4. The lowest BCUT2D eigenvalue weighted by Gasteiger charge is -2.34. The van der Waals surface area contributed by atoms with Crippen molar-refractivity contribution in [1.82, 2.24) is 0 Å². The molecular weight excluding hydrogens is 218 g/mol. The number of amides is 1. The van der Waals surface area contributed by atoms with Gasteiger partial charge >= 0.3 is 6.09 Å². The molecular formula is C13H19NO3. The molecule has 0 spiro atoms. The van der Waals surface area contributed by atoms with Gasteiger partial charge in [0.25, 0.3) is 0 Å². The zero-order valence-electron chi connectivity index (χ0n) is 10.7. The summed E-state index contributed by atoms with van der Waals surface area (Å²) in [5, 5.41) is 18.5. The summed E-state index contributed by atoms with van der Waals surface area (Å²) in [5.74, 6) is 0. The Bertz CT molecular complexity index is 421. The molecule has 0 heterocycles. The van der Waals surface area contributed by atoms with Crippen molar-refractivity contribution in [2.45, 2.75) is 39.8 Å². The Kier molecular flexibility index (Phi) is 3.78. The fraction of sp³-hybridized carbons (Fsp3) is 0.462. The Hall–Kier alpha value is -1.55. The molecule has 1 aromatic rings. The predicted octanol–water partition coefficient (Wildman–Crippen LogP) is 2.77. The van der Waals surface area contributed by atoms with Gasteiger partial charge in [0.05, 0.1) is 12.3 Å². The van der Waals surface area contributed by atoms with Crippen LogP contribution in [0.5, 0.6) is 0 Å². The van der Waals surface area contributed by atoms with Crippen LogP contribution in [0, 0.1) is 6.92 Å². The lowest BCUT2D eigenvalue weighted by atomic mass is 10.0. The van der Waals surface area contributed by atoms with Crippen molar-refractivity contribution in [2.24, 2.45) is 0 Å². The first kappa shape index (κ1) is 13.5. The molecule has 0 aliphatic heterocycles. The Morgan fingerprint density at radius 1 is 1.35 bits per heavy atom. The highest BCUT2D eigenvalue weighted by atomic mass is 16.4. The van der Waals surface area contributed by atoms with Crippen LogP contribution >= 0.6 is 0 Å². The molecule has 0 radical (unpaired) electrons. The molecule has 0 saturated carbocycles. The van der Waals surface area contributed by atoms with E-state index < -0.39 is 11.6 Å². The molecule has 2 N–H and O–H groups in total. The first-order valence-electron chi connectivity index (χ1n) is 5.51. The number of rotatable bonds is 2. The van der Waals surface area contributed by atoms with Crippen LogP contribution in [0.3, 0.4) is 0 Å². The number of aliphatic hydroxyl groups is 1. The molecule has 1 rings (SSSR count). The van der Waals surface area contributed by atoms with E-state index in [1.54, 1.807) is 18.2 Å². The van der Waals surface area contributed by atoms with Crippen molar-refractivity contribution in [3.63, 3.8) is 0 Å². The maximum absolute atomic E-state index is 11.4. The molecule has 0 bridgehead atoms. The van der Waals surface area contributed by atoms with Crippen LogP contribution < -0.4 is 4.90 Å². The number of hydrogen-bond donors (Lipinski definition) is 2. The molecule has 0 aromatic heterocycles. The van der Waals surface area contributed by atoms with Crippen molar-refractivity contribution in [3.8, 4) is 0 Å². The largest absolute Gasteiger partial charge is 0.465 e. The van der Waals surface area contributed by atoms with Gasteiger partial charge in [-0.1, -0.05) is 12.1 Å². The van der Waals surface area contributed by atoms with E-state index >= 15 is 0 Å². The number of benzene rings is 1. The topological polar surface area (TPSA) is 60.8 Å². The number of nitrogens with zero attached hydrogens (tertiary/aromatic N) is 1. The van der Waals surface area contributed by atoms with Crippen LogP contribution in [0.4, 0.5) is 10.5 Å². The van der Waals surface area contributed by atoms with E-state index in [1.807, 2.05) is 27.7 Å². The third-order valence-corrected chi connectivity index (χ3v) is 2.69. The van der Waals surface area contributed by atoms with E-state index in [4.69, 9.17) is 0 Å². The van der Waals surface area contributed by atoms with E-state index in [0.717, 1.165) is 11.1 Å². The normalized spacial score (nSPS) is 11.4. The molecule has 94 valence electrons. The highest BCUT2D eigenvalue weighted by Gasteiger charge is 2.29. The maximum Gasteiger partial charge on any atom is 0.412 e. The molecule has 0 unspecified atom stereocenters. The molecule has 0 fully saturated rings. The van der Waals surface area contributed by atoms with E-state index in [9.17, 15) is 15.0 Å². The second-order valence-corrected chi connectivity index (χ2v) is 5.01. The minimum atomic E-state index is -0.990. The van der Waals surface area contributed by atoms with Gasteiger partial charge in [0.1, 0.15) is 0 Å². The summed E-state index contributed by atoms with van der Waals surface area (Å²) in [6.07, 6.45) is -0.990. The molecule has 0 aliphatic rings. The van der Waals surface area contributed by atoms with E-state index in [2.05, 4.69) is 0 Å². The third-order valence-electron chi connectivity index (χ3n) is 2.69. The van der Waals surface area contributed by atoms with Gasteiger partial charge < -0.3 is 10.2 Å². The van der Waals surface area contributed by atoms with Gasteiger partial charge in [-0.15, -0.1) is 0 Å². The highest BCUT2D eigenvalue weighted by molar-refractivity contribution is 5.88. The Morgan fingerprint density at radius 3 is 2.35 bits per heavy atom. The fourth-order valence-corrected chi connectivity index (χ4v) is 1.83. The monoisotopic (exact) mass is 237 g/mol. The van der Waals surface area contributed by atoms with Gasteiger partial charge in [-0.05, 0) is 44.9 Å². The predicted molar refractivity (Wildman–Crippen MR) is 67.4 cm³/mol. The first-order valence-corrected chi connectivity index (χ1v) is 5.51. The van der Waals surface area contributed by atoms with Crippen LogP contribution in [-0.4, -0.2) is 21.8 Å². The summed E-state index contributed by atoms with van der Waals surface area (Å²) >= 11 is 0. The Labute approximate surface area is 101 Å². The molecule has 4 heteroatoms. The second-order valence-electron chi connectivity index (χ2n) is 5.01. The number of carboxylic acid groups (broad SMARTS) is 1. The summed E-state index contributed by atoms with van der Waals surface area (Å²) in [6.45, 7) is 7.25. The van der Waals surface area contributed by atoms with Crippen molar-refractivity contribution >= 4 is 11.8 Å². The standard InChI is InChI=1S/C13H19NO3/c1-9-10(8-15)6-5-7-11(9)14(12(16)17)13(2,3)4/h5-7,15H,8H2,1-4H3,(H,16,17). The van der Waals surface area contributed by atoms with E-state index in [1.165, 1.54) is 4.90 Å². The fourth-order valence-electron chi connectivity index (χ4n) is 1.83. The lowest BCUT2D eigenvalue weighted by molar-refractivity contribution is 0.195. The lowest BCUT2D eigenvalue weighted by Crippen LogP contribution is -2.45. The van der Waals surface area contributed by atoms with Crippen LogP contribution in [0.2, 0.25) is 0 Å². The Morgan fingerprint density at radius 2 is 1.94 bits per heavy atom. The number of hydrogen-bond acceptors (Lipinski definition) is 2. The molecule has 0 atom stereocenters. The van der Waals surface area contributed by atoms with Gasteiger partial charge in [0.15, 0.2) is 0 Å².